The fourth-order valence-electron chi connectivity index (χ4n) is 2.46. The minimum Gasteiger partial charge on any atom is -0.377 e. The third kappa shape index (κ3) is 2.25. The number of nitrogens with zero attached hydrogens (tertiary/aromatic N) is 1. The summed E-state index contributed by atoms with van der Waals surface area (Å²) in [6.45, 7) is 0.508. The number of halogens is 1. The van der Waals surface area contributed by atoms with Crippen molar-refractivity contribution in [3.8, 4) is 6.07 Å². The highest BCUT2D eigenvalue weighted by atomic mass is 19.1. The van der Waals surface area contributed by atoms with Gasteiger partial charge < -0.3 is 11.1 Å². The van der Waals surface area contributed by atoms with Crippen LogP contribution in [0.5, 0.6) is 0 Å². The molecule has 0 unspecified atom stereocenters. The average Bonchev–Trinajstić information content (AvgIpc) is 2.79. The fraction of sp³-hybridized carbons (Fsp3) is 0.462. The summed E-state index contributed by atoms with van der Waals surface area (Å²) in [5.41, 5.74) is 6.27. The van der Waals surface area contributed by atoms with Gasteiger partial charge in [0, 0.05) is 12.1 Å². The van der Waals surface area contributed by atoms with Crippen LogP contribution in [-0.2, 0) is 0 Å². The maximum absolute atomic E-state index is 13.5. The molecular weight excluding hydrogens is 217 g/mol. The van der Waals surface area contributed by atoms with Gasteiger partial charge in [-0.05, 0) is 25.0 Å². The second-order valence-corrected chi connectivity index (χ2v) is 4.59. The number of hydrogen-bond acceptors (Lipinski definition) is 3. The Balaban J connectivity index is 2.30. The zero-order chi connectivity index (χ0) is 12.3. The van der Waals surface area contributed by atoms with E-state index in [9.17, 15) is 4.39 Å². The maximum atomic E-state index is 13.5. The number of hydrogen-bond donors (Lipinski definition) is 2. The van der Waals surface area contributed by atoms with Crippen molar-refractivity contribution in [2.75, 3.05) is 11.9 Å². The Morgan fingerprint density at radius 2 is 2.12 bits per heavy atom. The van der Waals surface area contributed by atoms with E-state index in [0.717, 1.165) is 25.7 Å². The molecule has 1 aliphatic rings. The van der Waals surface area contributed by atoms with Gasteiger partial charge in [-0.3, -0.25) is 0 Å². The fourth-order valence-corrected chi connectivity index (χ4v) is 2.46. The van der Waals surface area contributed by atoms with E-state index in [0.29, 0.717) is 12.2 Å². The van der Waals surface area contributed by atoms with Crippen LogP contribution < -0.4 is 11.1 Å². The van der Waals surface area contributed by atoms with E-state index < -0.39 is 5.82 Å². The molecule has 0 aromatic heterocycles. The van der Waals surface area contributed by atoms with Crippen LogP contribution in [0.15, 0.2) is 18.2 Å². The first-order valence-electron chi connectivity index (χ1n) is 5.88. The zero-order valence-corrected chi connectivity index (χ0v) is 9.67. The molecule has 1 aliphatic carbocycles. The standard InChI is InChI=1S/C13H16FN3/c14-11-4-3-5-12(10(11)8-15)17-13(9-16)6-1-2-7-13/h3-5,17H,1-2,6-7,9,16H2. The number of nitrogens with one attached hydrogen (secondary N) is 1. The van der Waals surface area contributed by atoms with Crippen LogP contribution in [0.2, 0.25) is 0 Å². The molecule has 17 heavy (non-hydrogen) atoms. The molecule has 1 fully saturated rings. The third-order valence-electron chi connectivity index (χ3n) is 3.48. The molecule has 3 N–H and O–H groups in total. The van der Waals surface area contributed by atoms with Gasteiger partial charge in [-0.1, -0.05) is 18.9 Å². The number of anilines is 1. The van der Waals surface area contributed by atoms with E-state index in [2.05, 4.69) is 5.32 Å². The molecule has 0 spiro atoms. The van der Waals surface area contributed by atoms with Gasteiger partial charge in [-0.15, -0.1) is 0 Å². The molecule has 0 amide bonds. The summed E-state index contributed by atoms with van der Waals surface area (Å²) in [4.78, 5) is 0. The van der Waals surface area contributed by atoms with Crippen molar-refractivity contribution in [2.24, 2.45) is 5.73 Å². The molecule has 0 radical (unpaired) electrons. The number of nitriles is 1. The molecule has 90 valence electrons. The van der Waals surface area contributed by atoms with Gasteiger partial charge in [0.1, 0.15) is 17.4 Å². The molecule has 1 aromatic rings. The van der Waals surface area contributed by atoms with Crippen molar-refractivity contribution in [1.82, 2.24) is 0 Å². The van der Waals surface area contributed by atoms with Gasteiger partial charge in [0.25, 0.3) is 0 Å². The SMILES string of the molecule is N#Cc1c(F)cccc1NC1(CN)CCCC1. The summed E-state index contributed by atoms with van der Waals surface area (Å²) in [7, 11) is 0. The van der Waals surface area contributed by atoms with Crippen LogP contribution in [0.4, 0.5) is 10.1 Å². The van der Waals surface area contributed by atoms with Gasteiger partial charge in [-0.2, -0.15) is 5.26 Å². The average molecular weight is 233 g/mol. The number of rotatable bonds is 3. The zero-order valence-electron chi connectivity index (χ0n) is 9.67. The summed E-state index contributed by atoms with van der Waals surface area (Å²) in [5.74, 6) is -0.484. The van der Waals surface area contributed by atoms with Crippen LogP contribution in [-0.4, -0.2) is 12.1 Å². The lowest BCUT2D eigenvalue weighted by Gasteiger charge is -2.30. The second-order valence-electron chi connectivity index (χ2n) is 4.59. The van der Waals surface area contributed by atoms with Gasteiger partial charge in [0.05, 0.1) is 5.69 Å². The first-order valence-corrected chi connectivity index (χ1v) is 5.88. The first kappa shape index (κ1) is 11.9. The monoisotopic (exact) mass is 233 g/mol. The lowest BCUT2D eigenvalue weighted by atomic mass is 9.96. The lowest BCUT2D eigenvalue weighted by molar-refractivity contribution is 0.492. The molecule has 2 rings (SSSR count). The van der Waals surface area contributed by atoms with Gasteiger partial charge >= 0.3 is 0 Å². The Morgan fingerprint density at radius 1 is 1.41 bits per heavy atom. The topological polar surface area (TPSA) is 61.8 Å². The van der Waals surface area contributed by atoms with Crippen molar-refractivity contribution in [3.63, 3.8) is 0 Å². The van der Waals surface area contributed by atoms with Crippen LogP contribution in [0.25, 0.3) is 0 Å². The minimum absolute atomic E-state index is 0.0761. The van der Waals surface area contributed by atoms with E-state index in [1.54, 1.807) is 12.1 Å². The van der Waals surface area contributed by atoms with Gasteiger partial charge in [0.15, 0.2) is 0 Å². The van der Waals surface area contributed by atoms with Crippen molar-refractivity contribution in [3.05, 3.63) is 29.6 Å². The van der Waals surface area contributed by atoms with Crippen LogP contribution in [0.1, 0.15) is 31.2 Å². The Morgan fingerprint density at radius 3 is 2.71 bits per heavy atom. The third-order valence-corrected chi connectivity index (χ3v) is 3.48. The normalized spacial score (nSPS) is 17.7. The van der Waals surface area contributed by atoms with Crippen LogP contribution >= 0.6 is 0 Å². The van der Waals surface area contributed by atoms with E-state index in [-0.39, 0.29) is 11.1 Å². The van der Waals surface area contributed by atoms with Crippen molar-refractivity contribution < 1.29 is 4.39 Å². The molecular formula is C13H16FN3. The van der Waals surface area contributed by atoms with Crippen molar-refractivity contribution in [1.29, 1.82) is 5.26 Å². The smallest absolute Gasteiger partial charge is 0.143 e. The van der Waals surface area contributed by atoms with E-state index in [4.69, 9.17) is 11.0 Å². The second kappa shape index (κ2) is 4.72. The minimum atomic E-state index is -0.484. The highest BCUT2D eigenvalue weighted by Crippen LogP contribution is 2.33. The Bertz CT molecular complexity index is 444. The highest BCUT2D eigenvalue weighted by Gasteiger charge is 2.32. The largest absolute Gasteiger partial charge is 0.377 e. The molecule has 1 saturated carbocycles. The molecule has 0 heterocycles. The van der Waals surface area contributed by atoms with Gasteiger partial charge in [0.2, 0.25) is 0 Å². The summed E-state index contributed by atoms with van der Waals surface area (Å²) < 4.78 is 13.5. The Hall–Kier alpha value is -1.60. The maximum Gasteiger partial charge on any atom is 0.143 e. The summed E-state index contributed by atoms with van der Waals surface area (Å²) in [5, 5.41) is 12.2. The lowest BCUT2D eigenvalue weighted by Crippen LogP contribution is -2.43. The summed E-state index contributed by atoms with van der Waals surface area (Å²) in [6.07, 6.45) is 4.21. The van der Waals surface area contributed by atoms with Crippen molar-refractivity contribution >= 4 is 5.69 Å². The summed E-state index contributed by atoms with van der Waals surface area (Å²) >= 11 is 0. The number of benzene rings is 1. The van der Waals surface area contributed by atoms with E-state index in [1.165, 1.54) is 6.07 Å². The number of nitrogens with two attached hydrogens (primary N) is 1. The predicted molar refractivity (Wildman–Crippen MR) is 65.0 cm³/mol. The summed E-state index contributed by atoms with van der Waals surface area (Å²) in [6, 6.07) is 6.54. The Kier molecular flexibility index (Phi) is 3.30. The van der Waals surface area contributed by atoms with Gasteiger partial charge in [-0.25, -0.2) is 4.39 Å². The predicted octanol–water partition coefficient (Wildman–Crippen LogP) is 2.38. The molecule has 0 atom stereocenters. The highest BCUT2D eigenvalue weighted by molar-refractivity contribution is 5.59. The molecule has 0 saturated heterocycles. The molecule has 0 aliphatic heterocycles. The van der Waals surface area contributed by atoms with Crippen molar-refractivity contribution in [2.45, 2.75) is 31.2 Å². The molecule has 0 bridgehead atoms. The quantitative estimate of drug-likeness (QED) is 0.842. The molecule has 3 nitrogen and oxygen atoms in total. The van der Waals surface area contributed by atoms with Crippen LogP contribution in [0, 0.1) is 17.1 Å². The Labute approximate surface area is 100 Å². The van der Waals surface area contributed by atoms with Crippen LogP contribution in [0.3, 0.4) is 0 Å². The van der Waals surface area contributed by atoms with E-state index in [1.807, 2.05) is 6.07 Å². The molecule has 1 aromatic carbocycles. The molecule has 4 heteroatoms. The first-order chi connectivity index (χ1) is 8.21. The van der Waals surface area contributed by atoms with E-state index >= 15 is 0 Å².